The molecule has 0 bridgehead atoms. The molecule has 170 valence electrons. The molecule has 8 heteroatoms. The highest BCUT2D eigenvalue weighted by atomic mass is 16.6. The standard InChI is InChI=1S/C24H29N3O5/c1-2-31-24(30)27-15-13-26(14-16-27)23(29)20-10-8-19(9-11-20)18-25-22(28)12-17-32-21-6-4-3-5-7-21/h3-11H,2,12-18H2,1H3,(H,25,28). The van der Waals surface area contributed by atoms with Crippen molar-refractivity contribution < 1.29 is 23.9 Å². The van der Waals surface area contributed by atoms with Crippen LogP contribution < -0.4 is 10.1 Å². The summed E-state index contributed by atoms with van der Waals surface area (Å²) < 4.78 is 10.5. The summed E-state index contributed by atoms with van der Waals surface area (Å²) in [5.41, 5.74) is 1.49. The van der Waals surface area contributed by atoms with Crippen LogP contribution in [0.4, 0.5) is 4.79 Å². The fourth-order valence-corrected chi connectivity index (χ4v) is 3.32. The third-order valence-electron chi connectivity index (χ3n) is 5.12. The second-order valence-corrected chi connectivity index (χ2v) is 7.36. The van der Waals surface area contributed by atoms with Crippen LogP contribution in [0.3, 0.4) is 0 Å². The van der Waals surface area contributed by atoms with Crippen LogP contribution in [0.2, 0.25) is 0 Å². The van der Waals surface area contributed by atoms with E-state index >= 15 is 0 Å². The van der Waals surface area contributed by atoms with E-state index in [0.717, 1.165) is 11.3 Å². The molecule has 1 aliphatic rings. The number of ether oxygens (including phenoxy) is 2. The number of rotatable bonds is 8. The molecule has 1 heterocycles. The molecule has 2 aromatic rings. The molecule has 8 nitrogen and oxygen atoms in total. The first-order valence-corrected chi connectivity index (χ1v) is 10.8. The molecule has 32 heavy (non-hydrogen) atoms. The van der Waals surface area contributed by atoms with Gasteiger partial charge >= 0.3 is 6.09 Å². The Morgan fingerprint density at radius 3 is 2.22 bits per heavy atom. The van der Waals surface area contributed by atoms with Gasteiger partial charge in [0.15, 0.2) is 0 Å². The predicted molar refractivity (Wildman–Crippen MR) is 119 cm³/mol. The first kappa shape index (κ1) is 23.1. The van der Waals surface area contributed by atoms with Crippen molar-refractivity contribution in [3.8, 4) is 5.75 Å². The Morgan fingerprint density at radius 1 is 0.906 bits per heavy atom. The maximum absolute atomic E-state index is 12.7. The van der Waals surface area contributed by atoms with Crippen LogP contribution in [0.1, 0.15) is 29.3 Å². The minimum Gasteiger partial charge on any atom is -0.493 e. The van der Waals surface area contributed by atoms with Gasteiger partial charge in [-0.2, -0.15) is 0 Å². The molecular weight excluding hydrogens is 410 g/mol. The predicted octanol–water partition coefficient (Wildman–Crippen LogP) is 2.69. The van der Waals surface area contributed by atoms with Gasteiger partial charge in [0, 0.05) is 38.3 Å². The SMILES string of the molecule is CCOC(=O)N1CCN(C(=O)c2ccc(CNC(=O)CCOc3ccccc3)cc2)CC1. The Morgan fingerprint density at radius 2 is 1.56 bits per heavy atom. The van der Waals surface area contributed by atoms with Crippen molar-refractivity contribution in [2.45, 2.75) is 19.9 Å². The fraction of sp³-hybridized carbons (Fsp3) is 0.375. The smallest absolute Gasteiger partial charge is 0.409 e. The molecule has 3 rings (SSSR count). The van der Waals surface area contributed by atoms with Crippen LogP contribution >= 0.6 is 0 Å². The number of amides is 3. The zero-order valence-corrected chi connectivity index (χ0v) is 18.3. The van der Waals surface area contributed by atoms with E-state index in [-0.39, 0.29) is 24.3 Å². The zero-order chi connectivity index (χ0) is 22.8. The second kappa shape index (κ2) is 11.7. The Bertz CT molecular complexity index is 894. The Labute approximate surface area is 188 Å². The fourth-order valence-electron chi connectivity index (χ4n) is 3.32. The zero-order valence-electron chi connectivity index (χ0n) is 18.3. The van der Waals surface area contributed by atoms with Gasteiger partial charge in [0.2, 0.25) is 5.91 Å². The highest BCUT2D eigenvalue weighted by Gasteiger charge is 2.25. The minimum absolute atomic E-state index is 0.0674. The van der Waals surface area contributed by atoms with Gasteiger partial charge in [-0.25, -0.2) is 4.79 Å². The summed E-state index contributed by atoms with van der Waals surface area (Å²) in [4.78, 5) is 39.9. The monoisotopic (exact) mass is 439 g/mol. The van der Waals surface area contributed by atoms with Crippen molar-refractivity contribution in [2.24, 2.45) is 0 Å². The van der Waals surface area contributed by atoms with E-state index in [1.807, 2.05) is 42.5 Å². The van der Waals surface area contributed by atoms with Gasteiger partial charge in [0.1, 0.15) is 5.75 Å². The summed E-state index contributed by atoms with van der Waals surface area (Å²) in [5, 5.41) is 2.86. The van der Waals surface area contributed by atoms with Gasteiger partial charge in [-0.3, -0.25) is 9.59 Å². The number of hydrogen-bond acceptors (Lipinski definition) is 5. The number of carbonyl (C=O) groups is 3. The molecule has 1 fully saturated rings. The van der Waals surface area contributed by atoms with Crippen molar-refractivity contribution in [1.29, 1.82) is 0 Å². The van der Waals surface area contributed by atoms with Crippen LogP contribution in [0.5, 0.6) is 5.75 Å². The van der Waals surface area contributed by atoms with E-state index < -0.39 is 0 Å². The maximum Gasteiger partial charge on any atom is 0.409 e. The number of hydrogen-bond donors (Lipinski definition) is 1. The molecule has 0 spiro atoms. The summed E-state index contributed by atoms with van der Waals surface area (Å²) in [6.07, 6.45) is -0.0684. The molecule has 1 aliphatic heterocycles. The summed E-state index contributed by atoms with van der Waals surface area (Å²) in [7, 11) is 0. The third-order valence-corrected chi connectivity index (χ3v) is 5.12. The molecule has 3 amide bonds. The van der Waals surface area contributed by atoms with E-state index in [1.165, 1.54) is 0 Å². The average Bonchev–Trinajstić information content (AvgIpc) is 2.83. The lowest BCUT2D eigenvalue weighted by Gasteiger charge is -2.34. The first-order valence-electron chi connectivity index (χ1n) is 10.8. The molecule has 1 saturated heterocycles. The second-order valence-electron chi connectivity index (χ2n) is 7.36. The number of benzene rings is 2. The molecule has 0 aromatic heterocycles. The molecule has 0 saturated carbocycles. The van der Waals surface area contributed by atoms with Crippen LogP contribution in [0.15, 0.2) is 54.6 Å². The summed E-state index contributed by atoms with van der Waals surface area (Å²) in [6.45, 7) is 4.68. The summed E-state index contributed by atoms with van der Waals surface area (Å²) in [5.74, 6) is 0.575. The van der Waals surface area contributed by atoms with E-state index in [0.29, 0.717) is 51.5 Å². The Balaban J connectivity index is 1.39. The number of para-hydroxylation sites is 1. The van der Waals surface area contributed by atoms with Crippen molar-refractivity contribution in [3.63, 3.8) is 0 Å². The Hall–Kier alpha value is -3.55. The van der Waals surface area contributed by atoms with Crippen LogP contribution in [-0.2, 0) is 16.1 Å². The molecular formula is C24H29N3O5. The van der Waals surface area contributed by atoms with Gasteiger partial charge in [-0.1, -0.05) is 30.3 Å². The van der Waals surface area contributed by atoms with E-state index in [9.17, 15) is 14.4 Å². The minimum atomic E-state index is -0.336. The molecule has 0 unspecified atom stereocenters. The van der Waals surface area contributed by atoms with Gasteiger partial charge in [-0.05, 0) is 36.8 Å². The number of nitrogens with zero attached hydrogens (tertiary/aromatic N) is 2. The summed E-state index contributed by atoms with van der Waals surface area (Å²) in [6, 6.07) is 16.6. The third kappa shape index (κ3) is 6.73. The molecule has 0 radical (unpaired) electrons. The van der Waals surface area contributed by atoms with E-state index in [4.69, 9.17) is 9.47 Å². The van der Waals surface area contributed by atoms with Crippen LogP contribution in [0, 0.1) is 0 Å². The number of piperazine rings is 1. The highest BCUT2D eigenvalue weighted by molar-refractivity contribution is 5.94. The average molecular weight is 440 g/mol. The largest absolute Gasteiger partial charge is 0.493 e. The number of carbonyl (C=O) groups excluding carboxylic acids is 3. The lowest BCUT2D eigenvalue weighted by Crippen LogP contribution is -2.50. The normalized spacial score (nSPS) is 13.4. The topological polar surface area (TPSA) is 88.2 Å². The van der Waals surface area contributed by atoms with Gasteiger partial charge < -0.3 is 24.6 Å². The van der Waals surface area contributed by atoms with Crippen molar-refractivity contribution in [3.05, 3.63) is 65.7 Å². The van der Waals surface area contributed by atoms with Crippen molar-refractivity contribution >= 4 is 17.9 Å². The first-order chi connectivity index (χ1) is 15.6. The van der Waals surface area contributed by atoms with Gasteiger partial charge in [0.05, 0.1) is 19.6 Å². The van der Waals surface area contributed by atoms with Crippen molar-refractivity contribution in [1.82, 2.24) is 15.1 Å². The van der Waals surface area contributed by atoms with E-state index in [1.54, 1.807) is 28.9 Å². The van der Waals surface area contributed by atoms with E-state index in [2.05, 4.69) is 5.32 Å². The van der Waals surface area contributed by atoms with Gasteiger partial charge in [0.25, 0.3) is 5.91 Å². The number of nitrogens with one attached hydrogen (secondary N) is 1. The maximum atomic E-state index is 12.7. The van der Waals surface area contributed by atoms with Gasteiger partial charge in [-0.15, -0.1) is 0 Å². The molecule has 0 aliphatic carbocycles. The highest BCUT2D eigenvalue weighted by Crippen LogP contribution is 2.12. The molecule has 1 N–H and O–H groups in total. The molecule has 2 aromatic carbocycles. The lowest BCUT2D eigenvalue weighted by molar-refractivity contribution is -0.121. The quantitative estimate of drug-likeness (QED) is 0.683. The van der Waals surface area contributed by atoms with Crippen LogP contribution in [0.25, 0.3) is 0 Å². The Kier molecular flexibility index (Phi) is 8.48. The van der Waals surface area contributed by atoms with Crippen molar-refractivity contribution in [2.75, 3.05) is 39.4 Å². The summed E-state index contributed by atoms with van der Waals surface area (Å²) >= 11 is 0. The van der Waals surface area contributed by atoms with Crippen LogP contribution in [-0.4, -0.2) is 67.1 Å². The molecule has 0 atom stereocenters. The lowest BCUT2D eigenvalue weighted by atomic mass is 10.1.